The number of hydrogen-bond donors (Lipinski definition) is 1. The van der Waals surface area contributed by atoms with E-state index in [9.17, 15) is 9.59 Å². The normalized spacial score (nSPS) is 12.1. The van der Waals surface area contributed by atoms with Crippen molar-refractivity contribution in [3.8, 4) is 0 Å². The lowest BCUT2D eigenvalue weighted by atomic mass is 10.2. The van der Waals surface area contributed by atoms with Gasteiger partial charge in [-0.25, -0.2) is 4.98 Å². The van der Waals surface area contributed by atoms with Crippen LogP contribution in [0.2, 0.25) is 5.02 Å². The number of benzene rings is 2. The standard InChI is InChI=1S/C20H20ClN3O2S/c1-3-12-24-19(26)16-6-4-5-7-17(16)23-20(24)27-13(2)18(25)22-15-10-8-14(21)9-11-15/h4-11,13H,3,12H2,1-2H3,(H,22,25)/t13-/m1/s1. The Bertz CT molecular complexity index is 1020. The van der Waals surface area contributed by atoms with Crippen LogP contribution < -0.4 is 10.9 Å². The number of carbonyl (C=O) groups excluding carboxylic acids is 1. The molecule has 0 radical (unpaired) electrons. The topological polar surface area (TPSA) is 64.0 Å². The highest BCUT2D eigenvalue weighted by atomic mass is 35.5. The minimum Gasteiger partial charge on any atom is -0.325 e. The van der Waals surface area contributed by atoms with E-state index in [1.54, 1.807) is 41.8 Å². The number of halogens is 1. The maximum atomic E-state index is 12.8. The van der Waals surface area contributed by atoms with Gasteiger partial charge >= 0.3 is 0 Å². The second-order valence-corrected chi connectivity index (χ2v) is 7.87. The van der Waals surface area contributed by atoms with Gasteiger partial charge < -0.3 is 5.32 Å². The number of para-hydroxylation sites is 1. The van der Waals surface area contributed by atoms with Gasteiger partial charge in [0.05, 0.1) is 16.2 Å². The first-order chi connectivity index (χ1) is 13.0. The summed E-state index contributed by atoms with van der Waals surface area (Å²) in [6.45, 7) is 4.37. The summed E-state index contributed by atoms with van der Waals surface area (Å²) >= 11 is 7.15. The Morgan fingerprint density at radius 1 is 1.22 bits per heavy atom. The molecule has 3 rings (SSSR count). The third-order valence-corrected chi connectivity index (χ3v) is 5.38. The van der Waals surface area contributed by atoms with Crippen molar-refractivity contribution in [3.63, 3.8) is 0 Å². The molecule has 0 bridgehead atoms. The molecule has 3 aromatic rings. The predicted molar refractivity (Wildman–Crippen MR) is 112 cm³/mol. The molecule has 27 heavy (non-hydrogen) atoms. The maximum Gasteiger partial charge on any atom is 0.262 e. The summed E-state index contributed by atoms with van der Waals surface area (Å²) in [5.74, 6) is -0.159. The van der Waals surface area contributed by atoms with Gasteiger partial charge in [0.15, 0.2) is 5.16 Å². The molecule has 0 aliphatic heterocycles. The molecule has 0 saturated carbocycles. The molecule has 1 N–H and O–H groups in total. The molecule has 0 aliphatic carbocycles. The van der Waals surface area contributed by atoms with Gasteiger partial charge in [-0.2, -0.15) is 0 Å². The van der Waals surface area contributed by atoms with Gasteiger partial charge in [0.1, 0.15) is 0 Å². The van der Waals surface area contributed by atoms with Crippen LogP contribution in [0.5, 0.6) is 0 Å². The average Bonchev–Trinajstić information content (AvgIpc) is 2.66. The number of rotatable bonds is 6. The molecule has 0 saturated heterocycles. The summed E-state index contributed by atoms with van der Waals surface area (Å²) in [4.78, 5) is 30.0. The van der Waals surface area contributed by atoms with Crippen LogP contribution in [0.4, 0.5) is 5.69 Å². The number of amides is 1. The van der Waals surface area contributed by atoms with Gasteiger partial charge in [-0.05, 0) is 49.7 Å². The van der Waals surface area contributed by atoms with Crippen LogP contribution in [0.15, 0.2) is 58.5 Å². The third kappa shape index (κ3) is 4.51. The highest BCUT2D eigenvalue weighted by Crippen LogP contribution is 2.24. The Balaban J connectivity index is 1.85. The molecule has 2 aromatic carbocycles. The van der Waals surface area contributed by atoms with E-state index in [2.05, 4.69) is 10.3 Å². The van der Waals surface area contributed by atoms with Crippen LogP contribution in [-0.2, 0) is 11.3 Å². The van der Waals surface area contributed by atoms with Crippen molar-refractivity contribution in [3.05, 3.63) is 63.9 Å². The number of hydrogen-bond acceptors (Lipinski definition) is 4. The van der Waals surface area contributed by atoms with Gasteiger partial charge in [0.25, 0.3) is 5.56 Å². The monoisotopic (exact) mass is 401 g/mol. The van der Waals surface area contributed by atoms with E-state index in [0.29, 0.717) is 33.3 Å². The largest absolute Gasteiger partial charge is 0.325 e. The number of aromatic nitrogens is 2. The zero-order valence-electron chi connectivity index (χ0n) is 15.1. The molecule has 0 spiro atoms. The van der Waals surface area contributed by atoms with E-state index in [0.717, 1.165) is 6.42 Å². The lowest BCUT2D eigenvalue weighted by molar-refractivity contribution is -0.115. The van der Waals surface area contributed by atoms with Gasteiger partial charge in [0.2, 0.25) is 5.91 Å². The molecule has 1 aromatic heterocycles. The second-order valence-electron chi connectivity index (χ2n) is 6.12. The van der Waals surface area contributed by atoms with Crippen LogP contribution in [0.25, 0.3) is 10.9 Å². The number of carbonyl (C=O) groups is 1. The Morgan fingerprint density at radius 3 is 2.63 bits per heavy atom. The van der Waals surface area contributed by atoms with Crippen molar-refractivity contribution in [1.82, 2.24) is 9.55 Å². The van der Waals surface area contributed by atoms with E-state index in [4.69, 9.17) is 11.6 Å². The van der Waals surface area contributed by atoms with E-state index >= 15 is 0 Å². The number of nitrogens with zero attached hydrogens (tertiary/aromatic N) is 2. The van der Waals surface area contributed by atoms with Crippen molar-refractivity contribution in [1.29, 1.82) is 0 Å². The summed E-state index contributed by atoms with van der Waals surface area (Å²) in [6, 6.07) is 14.2. The van der Waals surface area contributed by atoms with E-state index < -0.39 is 5.25 Å². The average molecular weight is 402 g/mol. The second kappa shape index (κ2) is 8.59. The Hall–Kier alpha value is -2.31. The van der Waals surface area contributed by atoms with Gasteiger partial charge in [0, 0.05) is 17.3 Å². The van der Waals surface area contributed by atoms with Crippen LogP contribution >= 0.6 is 23.4 Å². The lowest BCUT2D eigenvalue weighted by Crippen LogP contribution is -2.27. The molecule has 0 unspecified atom stereocenters. The zero-order valence-corrected chi connectivity index (χ0v) is 16.7. The smallest absolute Gasteiger partial charge is 0.262 e. The number of anilines is 1. The molecule has 5 nitrogen and oxygen atoms in total. The molecule has 140 valence electrons. The summed E-state index contributed by atoms with van der Waals surface area (Å²) in [5.41, 5.74) is 1.24. The molecule has 1 atom stereocenters. The van der Waals surface area contributed by atoms with Crippen LogP contribution in [0.3, 0.4) is 0 Å². The highest BCUT2D eigenvalue weighted by Gasteiger charge is 2.19. The molecule has 0 aliphatic rings. The SMILES string of the molecule is CCCn1c(S[C@H](C)C(=O)Nc2ccc(Cl)cc2)nc2ccccc2c1=O. The fraction of sp³-hybridized carbons (Fsp3) is 0.250. The van der Waals surface area contributed by atoms with Crippen molar-refractivity contribution in [2.24, 2.45) is 0 Å². The molecular formula is C20H20ClN3O2S. The quantitative estimate of drug-likeness (QED) is 0.485. The first kappa shape index (κ1) is 19.5. The summed E-state index contributed by atoms with van der Waals surface area (Å²) in [6.07, 6.45) is 0.804. The Labute approximate surface area is 166 Å². The summed E-state index contributed by atoms with van der Waals surface area (Å²) in [5, 5.41) is 4.20. The van der Waals surface area contributed by atoms with Crippen LogP contribution in [0.1, 0.15) is 20.3 Å². The Kier molecular flexibility index (Phi) is 6.19. The fourth-order valence-electron chi connectivity index (χ4n) is 2.65. The molecular weight excluding hydrogens is 382 g/mol. The molecule has 1 heterocycles. The third-order valence-electron chi connectivity index (χ3n) is 4.04. The summed E-state index contributed by atoms with van der Waals surface area (Å²) < 4.78 is 1.65. The minimum atomic E-state index is -0.420. The highest BCUT2D eigenvalue weighted by molar-refractivity contribution is 8.00. The van der Waals surface area contributed by atoms with Crippen molar-refractivity contribution in [2.75, 3.05) is 5.32 Å². The zero-order chi connectivity index (χ0) is 19.4. The summed E-state index contributed by atoms with van der Waals surface area (Å²) in [7, 11) is 0. The number of thioether (sulfide) groups is 1. The van der Waals surface area contributed by atoms with Crippen molar-refractivity contribution < 1.29 is 4.79 Å². The van der Waals surface area contributed by atoms with Gasteiger partial charge in [-0.1, -0.05) is 42.4 Å². The molecule has 0 fully saturated rings. The van der Waals surface area contributed by atoms with Gasteiger partial charge in [-0.15, -0.1) is 0 Å². The Morgan fingerprint density at radius 2 is 1.93 bits per heavy atom. The maximum absolute atomic E-state index is 12.8. The molecule has 1 amide bonds. The minimum absolute atomic E-state index is 0.0738. The first-order valence-corrected chi connectivity index (χ1v) is 9.98. The van der Waals surface area contributed by atoms with Crippen molar-refractivity contribution in [2.45, 2.75) is 37.2 Å². The first-order valence-electron chi connectivity index (χ1n) is 8.72. The van der Waals surface area contributed by atoms with Gasteiger partial charge in [-0.3, -0.25) is 14.2 Å². The number of nitrogens with one attached hydrogen (secondary N) is 1. The lowest BCUT2D eigenvalue weighted by Gasteiger charge is -2.16. The van der Waals surface area contributed by atoms with Crippen molar-refractivity contribution >= 4 is 45.9 Å². The fourth-order valence-corrected chi connectivity index (χ4v) is 3.71. The molecule has 7 heteroatoms. The predicted octanol–water partition coefficient (Wildman–Crippen LogP) is 4.58. The number of fused-ring (bicyclic) bond motifs is 1. The van der Waals surface area contributed by atoms with E-state index in [-0.39, 0.29) is 11.5 Å². The van der Waals surface area contributed by atoms with Crippen LogP contribution in [-0.4, -0.2) is 20.7 Å². The van der Waals surface area contributed by atoms with E-state index in [1.807, 2.05) is 25.1 Å². The van der Waals surface area contributed by atoms with E-state index in [1.165, 1.54) is 11.8 Å². The van der Waals surface area contributed by atoms with Crippen LogP contribution in [0, 0.1) is 0 Å².